The molecule has 0 radical (unpaired) electrons. The number of nitrogens with one attached hydrogen (secondary N) is 1. The SMILES string of the molecule is CC1CC(NC(=O)c2cc([N+](=O)[O-])ccc2F)CCO1. The van der Waals surface area contributed by atoms with Crippen molar-refractivity contribution in [1.82, 2.24) is 5.32 Å². The number of halogens is 1. The number of nitro benzene ring substituents is 1. The van der Waals surface area contributed by atoms with Crippen molar-refractivity contribution in [2.24, 2.45) is 0 Å². The molecule has 1 amide bonds. The van der Waals surface area contributed by atoms with Gasteiger partial charge in [0.05, 0.1) is 16.6 Å². The van der Waals surface area contributed by atoms with Gasteiger partial charge in [-0.2, -0.15) is 0 Å². The number of carbonyl (C=O) groups is 1. The van der Waals surface area contributed by atoms with Crippen LogP contribution in [0.15, 0.2) is 18.2 Å². The highest BCUT2D eigenvalue weighted by molar-refractivity contribution is 5.95. The van der Waals surface area contributed by atoms with Gasteiger partial charge in [-0.1, -0.05) is 0 Å². The summed E-state index contributed by atoms with van der Waals surface area (Å²) < 4.78 is 19.0. The van der Waals surface area contributed by atoms with Crippen molar-refractivity contribution in [2.75, 3.05) is 6.61 Å². The summed E-state index contributed by atoms with van der Waals surface area (Å²) >= 11 is 0. The molecule has 2 rings (SSSR count). The van der Waals surface area contributed by atoms with Gasteiger partial charge in [0, 0.05) is 24.8 Å². The number of rotatable bonds is 3. The van der Waals surface area contributed by atoms with Crippen LogP contribution < -0.4 is 5.32 Å². The molecule has 2 unspecified atom stereocenters. The lowest BCUT2D eigenvalue weighted by molar-refractivity contribution is -0.384. The largest absolute Gasteiger partial charge is 0.378 e. The molecule has 1 aromatic rings. The topological polar surface area (TPSA) is 81.5 Å². The summed E-state index contributed by atoms with van der Waals surface area (Å²) in [7, 11) is 0. The fourth-order valence-electron chi connectivity index (χ4n) is 2.19. The Hall–Kier alpha value is -2.02. The maximum Gasteiger partial charge on any atom is 0.270 e. The predicted molar refractivity (Wildman–Crippen MR) is 69.0 cm³/mol. The van der Waals surface area contributed by atoms with E-state index in [1.807, 2.05) is 6.92 Å². The number of hydrogen-bond donors (Lipinski definition) is 1. The van der Waals surface area contributed by atoms with Crippen LogP contribution in [-0.4, -0.2) is 29.6 Å². The van der Waals surface area contributed by atoms with Gasteiger partial charge in [0.2, 0.25) is 0 Å². The van der Waals surface area contributed by atoms with Gasteiger partial charge < -0.3 is 10.1 Å². The minimum absolute atomic E-state index is 0.0315. The van der Waals surface area contributed by atoms with E-state index in [9.17, 15) is 19.3 Å². The average Bonchev–Trinajstić information content (AvgIpc) is 2.38. The first-order valence-electron chi connectivity index (χ1n) is 6.34. The van der Waals surface area contributed by atoms with Gasteiger partial charge in [0.15, 0.2) is 0 Å². The average molecular weight is 282 g/mol. The molecule has 0 saturated carbocycles. The molecule has 2 atom stereocenters. The number of carbonyl (C=O) groups excluding carboxylic acids is 1. The van der Waals surface area contributed by atoms with Crippen molar-refractivity contribution in [3.8, 4) is 0 Å². The first-order valence-corrected chi connectivity index (χ1v) is 6.34. The van der Waals surface area contributed by atoms with Gasteiger partial charge in [-0.05, 0) is 25.8 Å². The highest BCUT2D eigenvalue weighted by Gasteiger charge is 2.23. The first kappa shape index (κ1) is 14.4. The molecule has 1 heterocycles. The normalized spacial score (nSPS) is 22.3. The summed E-state index contributed by atoms with van der Waals surface area (Å²) in [5.41, 5.74) is -0.616. The maximum atomic E-state index is 13.6. The van der Waals surface area contributed by atoms with Crippen molar-refractivity contribution in [3.05, 3.63) is 39.7 Å². The second kappa shape index (κ2) is 5.96. The number of non-ortho nitro benzene ring substituents is 1. The first-order chi connectivity index (χ1) is 9.47. The number of hydrogen-bond acceptors (Lipinski definition) is 4. The zero-order valence-corrected chi connectivity index (χ0v) is 11.0. The molecule has 108 valence electrons. The Balaban J connectivity index is 2.12. The summed E-state index contributed by atoms with van der Waals surface area (Å²) in [6.45, 7) is 2.43. The van der Waals surface area contributed by atoms with E-state index in [1.165, 1.54) is 0 Å². The van der Waals surface area contributed by atoms with E-state index in [4.69, 9.17) is 4.74 Å². The third-order valence-electron chi connectivity index (χ3n) is 3.23. The van der Waals surface area contributed by atoms with Crippen LogP contribution in [0.2, 0.25) is 0 Å². The van der Waals surface area contributed by atoms with E-state index >= 15 is 0 Å². The predicted octanol–water partition coefficient (Wildman–Crippen LogP) is 2.03. The Morgan fingerprint density at radius 2 is 2.30 bits per heavy atom. The Morgan fingerprint density at radius 3 is 2.95 bits per heavy atom. The Bertz CT molecular complexity index is 535. The fraction of sp³-hybridized carbons (Fsp3) is 0.462. The third kappa shape index (κ3) is 3.30. The molecule has 1 aromatic carbocycles. The summed E-state index contributed by atoms with van der Waals surface area (Å²) in [5.74, 6) is -1.40. The maximum absolute atomic E-state index is 13.6. The molecule has 0 bridgehead atoms. The molecule has 0 aliphatic carbocycles. The minimum atomic E-state index is -0.770. The Labute approximate surface area is 115 Å². The van der Waals surface area contributed by atoms with E-state index in [0.717, 1.165) is 18.2 Å². The van der Waals surface area contributed by atoms with Gasteiger partial charge in [-0.25, -0.2) is 4.39 Å². The third-order valence-corrected chi connectivity index (χ3v) is 3.23. The van der Waals surface area contributed by atoms with Crippen LogP contribution in [0.25, 0.3) is 0 Å². The zero-order valence-electron chi connectivity index (χ0n) is 11.0. The van der Waals surface area contributed by atoms with Crippen molar-refractivity contribution >= 4 is 11.6 Å². The Morgan fingerprint density at radius 1 is 1.55 bits per heavy atom. The number of amides is 1. The molecule has 1 aliphatic heterocycles. The van der Waals surface area contributed by atoms with E-state index in [1.54, 1.807) is 0 Å². The smallest absolute Gasteiger partial charge is 0.270 e. The van der Waals surface area contributed by atoms with E-state index in [-0.39, 0.29) is 23.4 Å². The lowest BCUT2D eigenvalue weighted by Gasteiger charge is -2.27. The van der Waals surface area contributed by atoms with Crippen molar-refractivity contribution < 1.29 is 18.8 Å². The Kier molecular flexibility index (Phi) is 4.29. The van der Waals surface area contributed by atoms with Crippen molar-refractivity contribution in [3.63, 3.8) is 0 Å². The fourth-order valence-corrected chi connectivity index (χ4v) is 2.19. The molecule has 1 N–H and O–H groups in total. The standard InChI is InChI=1S/C13H15FN2O4/c1-8-6-9(4-5-20-8)15-13(17)11-7-10(16(18)19)2-3-12(11)14/h2-3,7-9H,4-6H2,1H3,(H,15,17). The van der Waals surface area contributed by atoms with Crippen LogP contribution in [0, 0.1) is 15.9 Å². The highest BCUT2D eigenvalue weighted by atomic mass is 19.1. The van der Waals surface area contributed by atoms with Gasteiger partial charge >= 0.3 is 0 Å². The summed E-state index contributed by atoms with van der Waals surface area (Å²) in [6.07, 6.45) is 1.32. The van der Waals surface area contributed by atoms with Gasteiger partial charge in [-0.3, -0.25) is 14.9 Å². The lowest BCUT2D eigenvalue weighted by Crippen LogP contribution is -2.41. The zero-order chi connectivity index (χ0) is 14.7. The second-order valence-electron chi connectivity index (χ2n) is 4.80. The molecule has 1 aliphatic rings. The highest BCUT2D eigenvalue weighted by Crippen LogP contribution is 2.18. The second-order valence-corrected chi connectivity index (χ2v) is 4.80. The molecule has 1 saturated heterocycles. The number of nitrogens with zero attached hydrogens (tertiary/aromatic N) is 1. The molecule has 0 aromatic heterocycles. The van der Waals surface area contributed by atoms with Crippen molar-refractivity contribution in [2.45, 2.75) is 31.9 Å². The summed E-state index contributed by atoms with van der Waals surface area (Å²) in [4.78, 5) is 22.0. The van der Waals surface area contributed by atoms with Gasteiger partial charge in [-0.15, -0.1) is 0 Å². The molecular weight excluding hydrogens is 267 g/mol. The van der Waals surface area contributed by atoms with Crippen LogP contribution in [0.1, 0.15) is 30.1 Å². The monoisotopic (exact) mass is 282 g/mol. The molecule has 1 fully saturated rings. The van der Waals surface area contributed by atoms with E-state index in [2.05, 4.69) is 5.32 Å². The minimum Gasteiger partial charge on any atom is -0.378 e. The van der Waals surface area contributed by atoms with Gasteiger partial charge in [0.1, 0.15) is 5.82 Å². The summed E-state index contributed by atoms with van der Waals surface area (Å²) in [6, 6.07) is 2.81. The van der Waals surface area contributed by atoms with Crippen LogP contribution in [0.4, 0.5) is 10.1 Å². The number of nitro groups is 1. The van der Waals surface area contributed by atoms with Gasteiger partial charge in [0.25, 0.3) is 11.6 Å². The van der Waals surface area contributed by atoms with E-state index in [0.29, 0.717) is 19.4 Å². The number of benzene rings is 1. The summed E-state index contributed by atoms with van der Waals surface area (Å²) in [5, 5.41) is 13.3. The van der Waals surface area contributed by atoms with Crippen LogP contribution in [-0.2, 0) is 4.74 Å². The number of ether oxygens (including phenoxy) is 1. The van der Waals surface area contributed by atoms with Crippen LogP contribution in [0.5, 0.6) is 0 Å². The molecule has 0 spiro atoms. The van der Waals surface area contributed by atoms with E-state index < -0.39 is 16.6 Å². The molecular formula is C13H15FN2O4. The van der Waals surface area contributed by atoms with Crippen LogP contribution in [0.3, 0.4) is 0 Å². The molecule has 20 heavy (non-hydrogen) atoms. The molecule has 6 nitrogen and oxygen atoms in total. The lowest BCUT2D eigenvalue weighted by atomic mass is 10.0. The van der Waals surface area contributed by atoms with Crippen molar-refractivity contribution in [1.29, 1.82) is 0 Å². The quantitative estimate of drug-likeness (QED) is 0.679. The van der Waals surface area contributed by atoms with Crippen LogP contribution >= 0.6 is 0 Å². The molecule has 7 heteroatoms.